The van der Waals surface area contributed by atoms with Gasteiger partial charge >= 0.3 is 5.97 Å². The van der Waals surface area contributed by atoms with Gasteiger partial charge in [0.2, 0.25) is 0 Å². The zero-order valence-corrected chi connectivity index (χ0v) is 19.7. The molecule has 6 heteroatoms. The van der Waals surface area contributed by atoms with Crippen molar-refractivity contribution in [3.05, 3.63) is 77.9 Å². The van der Waals surface area contributed by atoms with Crippen molar-refractivity contribution in [3.63, 3.8) is 0 Å². The number of nitrogens with zero attached hydrogens (tertiary/aromatic N) is 1. The number of anilines is 1. The molecule has 1 N–H and O–H groups in total. The lowest BCUT2D eigenvalue weighted by atomic mass is 9.93. The summed E-state index contributed by atoms with van der Waals surface area (Å²) in [5, 5.41) is 9.97. The van der Waals surface area contributed by atoms with Crippen LogP contribution in [0, 0.1) is 24.5 Å². The fourth-order valence-corrected chi connectivity index (χ4v) is 5.90. The number of hydrogen-bond acceptors (Lipinski definition) is 3. The Hall–Kier alpha value is -3.25. The molecule has 0 radical (unpaired) electrons. The van der Waals surface area contributed by atoms with Crippen LogP contribution in [0.5, 0.6) is 0 Å². The molecular formula is C28H25F2NO2S. The highest BCUT2D eigenvalue weighted by molar-refractivity contribution is 7.22. The number of carboxylic acids is 1. The number of aryl methyl sites for hydroxylation is 1. The molecule has 2 heterocycles. The van der Waals surface area contributed by atoms with Crippen molar-refractivity contribution in [1.29, 1.82) is 0 Å². The first-order chi connectivity index (χ1) is 16.4. The molecule has 1 saturated heterocycles. The number of halogens is 2. The SMILES string of the molecule is Cc1ccc(-c2cc3c(-c4cc(F)c(N5CCC(CC(=O)O)CC5)c(F)c4)cccc3s2)cc1. The second-order valence-corrected chi connectivity index (χ2v) is 10.1. The number of hydrogen-bond donors (Lipinski definition) is 1. The average Bonchev–Trinajstić information content (AvgIpc) is 3.24. The maximum atomic E-state index is 15.2. The standard InChI is InChI=1S/C28H25F2NO2S/c1-17-5-7-19(8-6-17)26-16-22-21(3-2-4-25(22)34-26)20-14-23(29)28(24(30)15-20)31-11-9-18(10-12-31)13-27(32)33/h2-8,14-16,18H,9-13H2,1H3,(H,32,33). The van der Waals surface area contributed by atoms with Crippen molar-refractivity contribution in [2.75, 3.05) is 18.0 Å². The van der Waals surface area contributed by atoms with E-state index in [9.17, 15) is 4.79 Å². The van der Waals surface area contributed by atoms with Crippen LogP contribution in [0.4, 0.5) is 14.5 Å². The van der Waals surface area contributed by atoms with Crippen molar-refractivity contribution in [2.45, 2.75) is 26.2 Å². The van der Waals surface area contributed by atoms with E-state index in [-0.39, 0.29) is 18.0 Å². The van der Waals surface area contributed by atoms with Gasteiger partial charge in [-0.05, 0) is 66.6 Å². The van der Waals surface area contributed by atoms with Crippen molar-refractivity contribution in [3.8, 4) is 21.6 Å². The molecule has 1 aromatic heterocycles. The Bertz CT molecular complexity index is 1330. The highest BCUT2D eigenvalue weighted by Crippen LogP contribution is 2.40. The van der Waals surface area contributed by atoms with Crippen molar-refractivity contribution in [2.24, 2.45) is 5.92 Å². The quantitative estimate of drug-likeness (QED) is 0.323. The molecule has 0 bridgehead atoms. The molecule has 0 unspecified atom stereocenters. The summed E-state index contributed by atoms with van der Waals surface area (Å²) in [6.07, 6.45) is 1.33. The molecule has 0 saturated carbocycles. The molecule has 3 nitrogen and oxygen atoms in total. The third-order valence-electron chi connectivity index (χ3n) is 6.62. The Morgan fingerprint density at radius 3 is 2.32 bits per heavy atom. The summed E-state index contributed by atoms with van der Waals surface area (Å²) in [5.74, 6) is -1.94. The van der Waals surface area contributed by atoms with Gasteiger partial charge in [0.15, 0.2) is 0 Å². The van der Waals surface area contributed by atoms with Gasteiger partial charge < -0.3 is 10.0 Å². The average molecular weight is 478 g/mol. The summed E-state index contributed by atoms with van der Waals surface area (Å²) in [6.45, 7) is 2.95. The van der Waals surface area contributed by atoms with Gasteiger partial charge in [0.1, 0.15) is 17.3 Å². The third kappa shape index (κ3) is 4.42. The predicted octanol–water partition coefficient (Wildman–Crippen LogP) is 7.51. The molecule has 34 heavy (non-hydrogen) atoms. The Kier molecular flexibility index (Phi) is 6.09. The third-order valence-corrected chi connectivity index (χ3v) is 7.77. The Morgan fingerprint density at radius 2 is 1.68 bits per heavy atom. The van der Waals surface area contributed by atoms with E-state index in [4.69, 9.17) is 5.11 Å². The second-order valence-electron chi connectivity index (χ2n) is 9.01. The van der Waals surface area contributed by atoms with Gasteiger partial charge in [-0.2, -0.15) is 0 Å². The molecule has 0 spiro atoms. The van der Waals surface area contributed by atoms with E-state index in [1.54, 1.807) is 16.2 Å². The molecule has 1 aliphatic heterocycles. The van der Waals surface area contributed by atoms with Crippen LogP contribution < -0.4 is 4.90 Å². The normalized spacial score (nSPS) is 14.6. The molecule has 1 fully saturated rings. The monoisotopic (exact) mass is 477 g/mol. The molecule has 0 aliphatic carbocycles. The Balaban J connectivity index is 1.46. The number of aliphatic carboxylic acids is 1. The van der Waals surface area contributed by atoms with Gasteiger partial charge in [-0.25, -0.2) is 8.78 Å². The first-order valence-electron chi connectivity index (χ1n) is 11.4. The van der Waals surface area contributed by atoms with E-state index in [0.29, 0.717) is 31.5 Å². The van der Waals surface area contributed by atoms with Gasteiger partial charge in [-0.15, -0.1) is 11.3 Å². The van der Waals surface area contributed by atoms with Crippen LogP contribution in [0.15, 0.2) is 60.7 Å². The van der Waals surface area contributed by atoms with Gasteiger partial charge in [0, 0.05) is 34.5 Å². The maximum Gasteiger partial charge on any atom is 0.303 e. The lowest BCUT2D eigenvalue weighted by Gasteiger charge is -2.33. The van der Waals surface area contributed by atoms with E-state index in [2.05, 4.69) is 37.3 Å². The number of piperidine rings is 1. The summed E-state index contributed by atoms with van der Waals surface area (Å²) in [5.41, 5.74) is 3.62. The molecule has 5 rings (SSSR count). The minimum atomic E-state index is -0.826. The minimum absolute atomic E-state index is 0.0182. The first kappa shape index (κ1) is 22.5. The Morgan fingerprint density at radius 1 is 1.00 bits per heavy atom. The number of fused-ring (bicyclic) bond motifs is 1. The second kappa shape index (κ2) is 9.18. The maximum absolute atomic E-state index is 15.2. The molecule has 174 valence electrons. The molecular weight excluding hydrogens is 452 g/mol. The number of thiophene rings is 1. The van der Waals surface area contributed by atoms with Crippen LogP contribution in [0.3, 0.4) is 0 Å². The van der Waals surface area contributed by atoms with Crippen molar-refractivity contribution < 1.29 is 18.7 Å². The zero-order valence-electron chi connectivity index (χ0n) is 18.9. The predicted molar refractivity (Wildman–Crippen MR) is 135 cm³/mol. The van der Waals surface area contributed by atoms with E-state index < -0.39 is 17.6 Å². The van der Waals surface area contributed by atoms with Gasteiger partial charge in [0.05, 0.1) is 0 Å². The fourth-order valence-electron chi connectivity index (χ4n) is 4.80. The van der Waals surface area contributed by atoms with Crippen molar-refractivity contribution >= 4 is 33.1 Å². The lowest BCUT2D eigenvalue weighted by molar-refractivity contribution is -0.138. The number of rotatable bonds is 5. The fraction of sp³-hybridized carbons (Fsp3) is 0.250. The van der Waals surface area contributed by atoms with E-state index in [1.165, 1.54) is 17.7 Å². The van der Waals surface area contributed by atoms with Gasteiger partial charge in [-0.1, -0.05) is 42.0 Å². The van der Waals surface area contributed by atoms with Crippen LogP contribution in [0.1, 0.15) is 24.8 Å². The highest BCUT2D eigenvalue weighted by atomic mass is 32.1. The highest BCUT2D eigenvalue weighted by Gasteiger charge is 2.26. The molecule has 0 atom stereocenters. The van der Waals surface area contributed by atoms with Crippen LogP contribution >= 0.6 is 11.3 Å². The van der Waals surface area contributed by atoms with Crippen molar-refractivity contribution in [1.82, 2.24) is 0 Å². The lowest BCUT2D eigenvalue weighted by Crippen LogP contribution is -2.35. The van der Waals surface area contributed by atoms with Gasteiger partial charge in [0.25, 0.3) is 0 Å². The smallest absolute Gasteiger partial charge is 0.303 e. The summed E-state index contributed by atoms with van der Waals surface area (Å²) in [7, 11) is 0. The number of benzene rings is 3. The minimum Gasteiger partial charge on any atom is -0.481 e. The number of carbonyl (C=O) groups is 1. The largest absolute Gasteiger partial charge is 0.481 e. The van der Waals surface area contributed by atoms with Crippen LogP contribution in [0.25, 0.3) is 31.7 Å². The molecule has 1 aliphatic rings. The zero-order chi connectivity index (χ0) is 23.8. The number of carboxylic acid groups (broad SMARTS) is 1. The Labute approximate surface area is 201 Å². The topological polar surface area (TPSA) is 40.5 Å². The first-order valence-corrected chi connectivity index (χ1v) is 12.3. The van der Waals surface area contributed by atoms with Crippen LogP contribution in [-0.4, -0.2) is 24.2 Å². The molecule has 3 aromatic carbocycles. The van der Waals surface area contributed by atoms with Crippen LogP contribution in [-0.2, 0) is 4.79 Å². The van der Waals surface area contributed by atoms with E-state index in [0.717, 1.165) is 26.1 Å². The van der Waals surface area contributed by atoms with E-state index >= 15 is 8.78 Å². The van der Waals surface area contributed by atoms with E-state index in [1.807, 2.05) is 18.2 Å². The summed E-state index contributed by atoms with van der Waals surface area (Å²) in [6, 6.07) is 19.1. The van der Waals surface area contributed by atoms with Gasteiger partial charge in [-0.3, -0.25) is 4.79 Å². The summed E-state index contributed by atoms with van der Waals surface area (Å²) >= 11 is 1.67. The summed E-state index contributed by atoms with van der Waals surface area (Å²) < 4.78 is 31.5. The molecule has 4 aromatic rings. The summed E-state index contributed by atoms with van der Waals surface area (Å²) in [4.78, 5) is 13.8. The van der Waals surface area contributed by atoms with Crippen LogP contribution in [0.2, 0.25) is 0 Å². The molecule has 0 amide bonds.